The van der Waals surface area contributed by atoms with Crippen molar-refractivity contribution >= 4 is 5.97 Å². The average Bonchev–Trinajstić information content (AvgIpc) is 2.62. The number of carbonyl (C=O) groups excluding carboxylic acids is 1. The zero-order valence-corrected chi connectivity index (χ0v) is 7.18. The summed E-state index contributed by atoms with van der Waals surface area (Å²) in [6.45, 7) is 0. The Morgan fingerprint density at radius 1 is 1.58 bits per heavy atom. The zero-order valence-electron chi connectivity index (χ0n) is 7.18. The van der Waals surface area contributed by atoms with E-state index in [9.17, 15) is 9.18 Å². The molecular weight excluding hydrogens is 159 g/mol. The summed E-state index contributed by atoms with van der Waals surface area (Å²) < 4.78 is 18.4. The third-order valence-electron chi connectivity index (χ3n) is 3.30. The lowest BCUT2D eigenvalue weighted by Crippen LogP contribution is -2.40. The topological polar surface area (TPSA) is 26.3 Å². The minimum Gasteiger partial charge on any atom is -0.467 e. The lowest BCUT2D eigenvalue weighted by molar-refractivity contribution is -0.158. The second-order valence-corrected chi connectivity index (χ2v) is 3.93. The van der Waals surface area contributed by atoms with E-state index in [0.717, 1.165) is 19.3 Å². The number of ether oxygens (including phenoxy) is 1. The van der Waals surface area contributed by atoms with Gasteiger partial charge in [0.2, 0.25) is 5.67 Å². The molecule has 2 aliphatic rings. The highest BCUT2D eigenvalue weighted by Crippen LogP contribution is 2.53. The van der Waals surface area contributed by atoms with E-state index in [1.165, 1.54) is 7.11 Å². The fourth-order valence-electron chi connectivity index (χ4n) is 2.68. The summed E-state index contributed by atoms with van der Waals surface area (Å²) in [6, 6.07) is 0. The van der Waals surface area contributed by atoms with Crippen LogP contribution in [-0.4, -0.2) is 18.7 Å². The summed E-state index contributed by atoms with van der Waals surface area (Å²) >= 11 is 0. The first-order valence-electron chi connectivity index (χ1n) is 4.44. The molecule has 0 saturated heterocycles. The predicted octanol–water partition coefficient (Wildman–Crippen LogP) is 1.69. The summed E-state index contributed by atoms with van der Waals surface area (Å²) in [4.78, 5) is 11.1. The molecule has 2 saturated carbocycles. The molecule has 0 aliphatic heterocycles. The van der Waals surface area contributed by atoms with E-state index in [1.54, 1.807) is 0 Å². The van der Waals surface area contributed by atoms with Crippen LogP contribution >= 0.6 is 0 Å². The first-order chi connectivity index (χ1) is 5.66. The zero-order chi connectivity index (χ0) is 8.77. The molecule has 0 amide bonds. The average molecular weight is 172 g/mol. The molecule has 3 heteroatoms. The normalized spacial score (nSPS) is 44.8. The molecule has 2 bridgehead atoms. The highest BCUT2D eigenvalue weighted by atomic mass is 19.1. The second-order valence-electron chi connectivity index (χ2n) is 3.93. The molecule has 2 rings (SSSR count). The minimum absolute atomic E-state index is 0.0602. The number of esters is 1. The molecule has 2 fully saturated rings. The molecule has 68 valence electrons. The third kappa shape index (κ3) is 0.883. The first kappa shape index (κ1) is 8.02. The smallest absolute Gasteiger partial charge is 0.343 e. The van der Waals surface area contributed by atoms with Crippen LogP contribution in [0.5, 0.6) is 0 Å². The number of halogens is 1. The van der Waals surface area contributed by atoms with Crippen LogP contribution in [0, 0.1) is 11.8 Å². The van der Waals surface area contributed by atoms with E-state index < -0.39 is 11.6 Å². The molecule has 0 radical (unpaired) electrons. The molecule has 0 aromatic carbocycles. The SMILES string of the molecule is COC(=O)C1(F)CC2CCC1C2. The van der Waals surface area contributed by atoms with Gasteiger partial charge >= 0.3 is 5.97 Å². The Morgan fingerprint density at radius 2 is 2.33 bits per heavy atom. The van der Waals surface area contributed by atoms with Gasteiger partial charge in [-0.1, -0.05) is 0 Å². The van der Waals surface area contributed by atoms with Crippen molar-refractivity contribution in [3.63, 3.8) is 0 Å². The maximum atomic E-state index is 13.9. The number of carbonyl (C=O) groups is 1. The third-order valence-corrected chi connectivity index (χ3v) is 3.30. The summed E-state index contributed by atoms with van der Waals surface area (Å²) in [5.74, 6) is -0.288. The molecule has 0 heterocycles. The lowest BCUT2D eigenvalue weighted by Gasteiger charge is -2.26. The molecule has 2 aliphatic carbocycles. The van der Waals surface area contributed by atoms with Crippen LogP contribution in [0.25, 0.3) is 0 Å². The van der Waals surface area contributed by atoms with Gasteiger partial charge in [-0.15, -0.1) is 0 Å². The minimum atomic E-state index is -1.64. The van der Waals surface area contributed by atoms with E-state index in [0.29, 0.717) is 12.3 Å². The lowest BCUT2D eigenvalue weighted by atomic mass is 9.86. The van der Waals surface area contributed by atoms with Crippen LogP contribution in [0.1, 0.15) is 25.7 Å². The number of methoxy groups -OCH3 is 1. The van der Waals surface area contributed by atoms with E-state index in [2.05, 4.69) is 4.74 Å². The summed E-state index contributed by atoms with van der Waals surface area (Å²) in [6.07, 6.45) is 3.22. The van der Waals surface area contributed by atoms with Crippen LogP contribution in [0.4, 0.5) is 4.39 Å². The number of hydrogen-bond acceptors (Lipinski definition) is 2. The van der Waals surface area contributed by atoms with Gasteiger partial charge in [-0.25, -0.2) is 9.18 Å². The highest BCUT2D eigenvalue weighted by molar-refractivity contribution is 5.80. The van der Waals surface area contributed by atoms with Crippen LogP contribution < -0.4 is 0 Å². The number of hydrogen-bond donors (Lipinski definition) is 0. The van der Waals surface area contributed by atoms with Gasteiger partial charge in [-0.3, -0.25) is 0 Å². The van der Waals surface area contributed by atoms with Gasteiger partial charge < -0.3 is 4.74 Å². The van der Waals surface area contributed by atoms with Gasteiger partial charge in [0.25, 0.3) is 0 Å². The molecule has 3 atom stereocenters. The van der Waals surface area contributed by atoms with Gasteiger partial charge in [0, 0.05) is 5.92 Å². The number of alkyl halides is 1. The predicted molar refractivity (Wildman–Crippen MR) is 41.3 cm³/mol. The highest BCUT2D eigenvalue weighted by Gasteiger charge is 2.57. The van der Waals surface area contributed by atoms with Crippen molar-refractivity contribution in [2.45, 2.75) is 31.4 Å². The van der Waals surface area contributed by atoms with Crippen molar-refractivity contribution in [2.24, 2.45) is 11.8 Å². The van der Waals surface area contributed by atoms with Crippen molar-refractivity contribution < 1.29 is 13.9 Å². The number of fused-ring (bicyclic) bond motifs is 2. The van der Waals surface area contributed by atoms with E-state index >= 15 is 0 Å². The number of rotatable bonds is 1. The Balaban J connectivity index is 2.17. The van der Waals surface area contributed by atoms with Gasteiger partial charge in [-0.2, -0.15) is 0 Å². The van der Waals surface area contributed by atoms with Crippen molar-refractivity contribution in [1.29, 1.82) is 0 Å². The molecular formula is C9H13FO2. The van der Waals surface area contributed by atoms with Gasteiger partial charge in [0.05, 0.1) is 7.11 Å². The summed E-state index contributed by atoms with van der Waals surface area (Å²) in [5, 5.41) is 0. The fourth-order valence-corrected chi connectivity index (χ4v) is 2.68. The van der Waals surface area contributed by atoms with Gasteiger partial charge in [0.1, 0.15) is 0 Å². The second kappa shape index (κ2) is 2.44. The van der Waals surface area contributed by atoms with Crippen LogP contribution in [0.3, 0.4) is 0 Å². The van der Waals surface area contributed by atoms with Crippen LogP contribution in [0.2, 0.25) is 0 Å². The molecule has 12 heavy (non-hydrogen) atoms. The largest absolute Gasteiger partial charge is 0.467 e. The maximum absolute atomic E-state index is 13.9. The molecule has 0 spiro atoms. The maximum Gasteiger partial charge on any atom is 0.343 e. The Bertz CT molecular complexity index is 217. The monoisotopic (exact) mass is 172 g/mol. The molecule has 0 aromatic rings. The summed E-state index contributed by atoms with van der Waals surface area (Å²) in [5.41, 5.74) is -1.64. The van der Waals surface area contributed by atoms with Gasteiger partial charge in [-0.05, 0) is 31.6 Å². The standard InChI is InChI=1S/C9H13FO2/c1-12-8(11)9(10)5-6-2-3-7(9)4-6/h6-7H,2-5H2,1H3. The van der Waals surface area contributed by atoms with E-state index in [4.69, 9.17) is 0 Å². The molecule has 2 nitrogen and oxygen atoms in total. The molecule has 0 N–H and O–H groups in total. The van der Waals surface area contributed by atoms with Crippen molar-refractivity contribution in [2.75, 3.05) is 7.11 Å². The Hall–Kier alpha value is -0.600. The van der Waals surface area contributed by atoms with Gasteiger partial charge in [0.15, 0.2) is 0 Å². The Kier molecular flexibility index (Phi) is 1.63. The van der Waals surface area contributed by atoms with Crippen molar-refractivity contribution in [3.05, 3.63) is 0 Å². The molecule has 0 aromatic heterocycles. The first-order valence-corrected chi connectivity index (χ1v) is 4.44. The quantitative estimate of drug-likeness (QED) is 0.562. The van der Waals surface area contributed by atoms with E-state index in [-0.39, 0.29) is 5.92 Å². The van der Waals surface area contributed by atoms with Crippen LogP contribution in [0.15, 0.2) is 0 Å². The van der Waals surface area contributed by atoms with Crippen molar-refractivity contribution in [1.82, 2.24) is 0 Å². The van der Waals surface area contributed by atoms with Crippen molar-refractivity contribution in [3.8, 4) is 0 Å². The van der Waals surface area contributed by atoms with Crippen LogP contribution in [-0.2, 0) is 9.53 Å². The Morgan fingerprint density at radius 3 is 2.75 bits per heavy atom. The van der Waals surface area contributed by atoms with E-state index in [1.807, 2.05) is 0 Å². The molecule has 3 unspecified atom stereocenters. The summed E-state index contributed by atoms with van der Waals surface area (Å²) in [7, 11) is 1.26. The Labute approximate surface area is 71.1 Å². The fraction of sp³-hybridized carbons (Fsp3) is 0.889.